The van der Waals surface area contributed by atoms with Crippen LogP contribution >= 0.6 is 11.6 Å². The lowest BCUT2D eigenvalue weighted by molar-refractivity contribution is -0.151. The number of hydrogen-bond donors (Lipinski definition) is 1. The van der Waals surface area contributed by atoms with E-state index in [2.05, 4.69) is 5.32 Å². The first kappa shape index (κ1) is 25.8. The van der Waals surface area contributed by atoms with Crippen molar-refractivity contribution in [3.05, 3.63) is 64.9 Å². The van der Waals surface area contributed by atoms with Gasteiger partial charge in [-0.2, -0.15) is 4.31 Å². The van der Waals surface area contributed by atoms with Crippen molar-refractivity contribution in [2.75, 3.05) is 13.1 Å². The van der Waals surface area contributed by atoms with Gasteiger partial charge in [-0.25, -0.2) is 12.8 Å². The minimum Gasteiger partial charge on any atom is -0.360 e. The van der Waals surface area contributed by atoms with E-state index in [4.69, 9.17) is 16.6 Å². The van der Waals surface area contributed by atoms with Crippen LogP contribution in [0.5, 0.6) is 0 Å². The largest absolute Gasteiger partial charge is 0.360 e. The lowest BCUT2D eigenvalue weighted by Gasteiger charge is -2.72. The van der Waals surface area contributed by atoms with Crippen molar-refractivity contribution in [3.63, 3.8) is 0 Å². The zero-order valence-corrected chi connectivity index (χ0v) is 23.2. The summed E-state index contributed by atoms with van der Waals surface area (Å²) >= 11 is 5.87. The maximum atomic E-state index is 14.2. The maximum absolute atomic E-state index is 14.2. The van der Waals surface area contributed by atoms with Crippen LogP contribution in [0, 0.1) is 11.2 Å². The Morgan fingerprint density at radius 1 is 1.13 bits per heavy atom. The Morgan fingerprint density at radius 2 is 1.79 bits per heavy atom. The van der Waals surface area contributed by atoms with E-state index in [1.165, 1.54) is 16.4 Å². The predicted octanol–water partition coefficient (Wildman–Crippen LogP) is 4.36. The fourth-order valence-corrected chi connectivity index (χ4v) is 8.63. The van der Waals surface area contributed by atoms with Gasteiger partial charge < -0.3 is 10.2 Å². The second-order valence-electron chi connectivity index (χ2n) is 11.8. The molecule has 1 N–H and O–H groups in total. The summed E-state index contributed by atoms with van der Waals surface area (Å²) in [6.07, 6.45) is 3.88. The standard InChI is InChI=1S/C28H32ClFN4O3S/c1-26(2)23(24(35)33-12-6-7-13-33)31-25(32-26)27-16-28(17-27,18-27)34(15-19-10-11-21(29)22(30)14-19)38(36,37)20-8-4-3-5-9-20/h3-5,8-11,14,23H,6-7,12-13,15-18H2,1-2H3,(H,31,32)/t23-,27?,28?/m0/s1. The number of hydrogen-bond acceptors (Lipinski definition) is 5. The van der Waals surface area contributed by atoms with Gasteiger partial charge in [-0.05, 0) is 75.8 Å². The number of carbonyl (C=O) groups excluding carboxylic acids is 1. The molecule has 0 unspecified atom stereocenters. The van der Waals surface area contributed by atoms with Gasteiger partial charge in [0.05, 0.1) is 15.5 Å². The number of carbonyl (C=O) groups is 1. The normalized spacial score (nSPS) is 29.4. The van der Waals surface area contributed by atoms with Crippen molar-refractivity contribution in [3.8, 4) is 0 Å². The number of benzene rings is 2. The number of halogens is 2. The lowest BCUT2D eigenvalue weighted by Crippen LogP contribution is -2.78. The molecule has 7 rings (SSSR count). The number of amides is 1. The van der Waals surface area contributed by atoms with Crippen LogP contribution in [0.2, 0.25) is 5.02 Å². The monoisotopic (exact) mass is 558 g/mol. The molecule has 3 aliphatic carbocycles. The number of likely N-dealkylation sites (tertiary alicyclic amines) is 1. The summed E-state index contributed by atoms with van der Waals surface area (Å²) in [5.41, 5.74) is -0.892. The van der Waals surface area contributed by atoms with Crippen molar-refractivity contribution in [1.82, 2.24) is 14.5 Å². The van der Waals surface area contributed by atoms with E-state index in [-0.39, 0.29) is 27.8 Å². The molecule has 202 valence electrons. The molecule has 2 heterocycles. The average molecular weight is 559 g/mol. The molecule has 2 aliphatic heterocycles. The van der Waals surface area contributed by atoms with Gasteiger partial charge in [-0.1, -0.05) is 35.9 Å². The minimum atomic E-state index is -3.85. The molecule has 0 radical (unpaired) electrons. The number of nitrogens with one attached hydrogen (secondary N) is 1. The minimum absolute atomic E-state index is 0.00153. The van der Waals surface area contributed by atoms with Gasteiger partial charge in [-0.3, -0.25) is 9.79 Å². The summed E-state index contributed by atoms with van der Waals surface area (Å²) in [6, 6.07) is 12.4. The van der Waals surface area contributed by atoms with Gasteiger partial charge in [0.25, 0.3) is 0 Å². The number of amidine groups is 1. The first-order chi connectivity index (χ1) is 18.0. The molecule has 5 aliphatic rings. The lowest BCUT2D eigenvalue weighted by atomic mass is 9.38. The number of rotatable bonds is 7. The summed E-state index contributed by atoms with van der Waals surface area (Å²) in [7, 11) is -3.85. The third-order valence-corrected chi connectivity index (χ3v) is 11.0. The number of sulfonamides is 1. The number of nitrogens with zero attached hydrogens (tertiary/aromatic N) is 3. The van der Waals surface area contributed by atoms with Crippen molar-refractivity contribution in [2.45, 2.75) is 74.5 Å². The Balaban J connectivity index is 1.26. The molecule has 1 atom stereocenters. The van der Waals surface area contributed by atoms with Crippen molar-refractivity contribution < 1.29 is 17.6 Å². The first-order valence-electron chi connectivity index (χ1n) is 13.1. The van der Waals surface area contributed by atoms with Gasteiger partial charge in [0, 0.05) is 30.6 Å². The van der Waals surface area contributed by atoms with Crippen molar-refractivity contribution in [2.24, 2.45) is 10.4 Å². The van der Waals surface area contributed by atoms with Gasteiger partial charge in [0.1, 0.15) is 17.7 Å². The van der Waals surface area contributed by atoms with Crippen LogP contribution in [-0.2, 0) is 21.4 Å². The summed E-state index contributed by atoms with van der Waals surface area (Å²) < 4.78 is 43.5. The molecule has 7 nitrogen and oxygen atoms in total. The quantitative estimate of drug-likeness (QED) is 0.547. The van der Waals surface area contributed by atoms with E-state index in [0.717, 1.165) is 31.8 Å². The summed E-state index contributed by atoms with van der Waals surface area (Å²) in [6.45, 7) is 5.58. The Kier molecular flexibility index (Phi) is 5.94. The van der Waals surface area contributed by atoms with Gasteiger partial charge in [0.15, 0.2) is 0 Å². The molecule has 2 aromatic carbocycles. The van der Waals surface area contributed by atoms with E-state index in [1.54, 1.807) is 36.4 Å². The molecule has 2 bridgehead atoms. The molecule has 1 amide bonds. The van der Waals surface area contributed by atoms with E-state index in [1.807, 2.05) is 18.7 Å². The molecule has 10 heteroatoms. The van der Waals surface area contributed by atoms with E-state index >= 15 is 0 Å². The van der Waals surface area contributed by atoms with Gasteiger partial charge in [0.2, 0.25) is 15.9 Å². The zero-order chi connectivity index (χ0) is 26.9. The molecule has 0 aromatic heterocycles. The Labute approximate surface area is 228 Å². The molecular weight excluding hydrogens is 527 g/mol. The van der Waals surface area contributed by atoms with Gasteiger partial charge in [-0.15, -0.1) is 0 Å². The second-order valence-corrected chi connectivity index (χ2v) is 14.1. The van der Waals surface area contributed by atoms with Crippen molar-refractivity contribution >= 4 is 33.4 Å². The van der Waals surface area contributed by atoms with E-state index in [0.29, 0.717) is 24.8 Å². The van der Waals surface area contributed by atoms with Crippen LogP contribution in [0.4, 0.5) is 4.39 Å². The van der Waals surface area contributed by atoms with Gasteiger partial charge >= 0.3 is 0 Å². The highest BCUT2D eigenvalue weighted by molar-refractivity contribution is 7.89. The Morgan fingerprint density at radius 3 is 2.42 bits per heavy atom. The van der Waals surface area contributed by atoms with Crippen LogP contribution in [0.3, 0.4) is 0 Å². The SMILES string of the molecule is CC1(C)N=C(C23CC(N(Cc4ccc(Cl)c(F)c4)S(=O)(=O)c4ccccc4)(C2)C3)N[C@H]1C(=O)N1CCCC1. The zero-order valence-electron chi connectivity index (χ0n) is 21.6. The highest BCUT2D eigenvalue weighted by Crippen LogP contribution is 2.71. The highest BCUT2D eigenvalue weighted by Gasteiger charge is 2.75. The molecule has 38 heavy (non-hydrogen) atoms. The smallest absolute Gasteiger partial charge is 0.247 e. The third-order valence-electron chi connectivity index (χ3n) is 8.73. The molecule has 2 aromatic rings. The van der Waals surface area contributed by atoms with E-state index < -0.39 is 33.0 Å². The second kappa shape index (κ2) is 8.76. The topological polar surface area (TPSA) is 82.1 Å². The van der Waals surface area contributed by atoms with Crippen LogP contribution in [-0.4, -0.2) is 59.6 Å². The van der Waals surface area contributed by atoms with E-state index in [9.17, 15) is 17.6 Å². The van der Waals surface area contributed by atoms with Crippen LogP contribution in [0.15, 0.2) is 58.4 Å². The fraction of sp³-hybridized carbons (Fsp3) is 0.500. The molecule has 0 spiro atoms. The maximum Gasteiger partial charge on any atom is 0.247 e. The van der Waals surface area contributed by atoms with Crippen molar-refractivity contribution in [1.29, 1.82) is 0 Å². The molecule has 1 saturated heterocycles. The molecule has 3 saturated carbocycles. The summed E-state index contributed by atoms with van der Waals surface area (Å²) in [5.74, 6) is 0.331. The van der Waals surface area contributed by atoms with Crippen LogP contribution in [0.25, 0.3) is 0 Å². The summed E-state index contributed by atoms with van der Waals surface area (Å²) in [5, 5.41) is 3.46. The predicted molar refractivity (Wildman–Crippen MR) is 144 cm³/mol. The molecular formula is C28H32ClFN4O3S. The average Bonchev–Trinajstić information content (AvgIpc) is 3.47. The first-order valence-corrected chi connectivity index (χ1v) is 15.0. The summed E-state index contributed by atoms with van der Waals surface area (Å²) in [4.78, 5) is 20.3. The third kappa shape index (κ3) is 3.97. The fourth-order valence-electron chi connectivity index (χ4n) is 6.74. The van der Waals surface area contributed by atoms with Crippen LogP contribution < -0.4 is 5.32 Å². The van der Waals surface area contributed by atoms with Crippen LogP contribution in [0.1, 0.15) is 51.5 Å². The Bertz CT molecular complexity index is 1400. The number of aliphatic imine (C=N–C) groups is 1. The Hall–Kier alpha value is -2.49. The highest BCUT2D eigenvalue weighted by atomic mass is 35.5. The molecule has 4 fully saturated rings.